The van der Waals surface area contributed by atoms with E-state index in [2.05, 4.69) is 22.0 Å². The van der Waals surface area contributed by atoms with Crippen LogP contribution in [-0.2, 0) is 24.2 Å². The summed E-state index contributed by atoms with van der Waals surface area (Å²) < 4.78 is 7.78. The van der Waals surface area contributed by atoms with Gasteiger partial charge in [-0.25, -0.2) is 4.98 Å². The van der Waals surface area contributed by atoms with Crippen molar-refractivity contribution in [2.75, 3.05) is 13.7 Å². The monoisotopic (exact) mass is 447 g/mol. The molecule has 0 fully saturated rings. The van der Waals surface area contributed by atoms with Gasteiger partial charge in [-0.2, -0.15) is 0 Å². The second kappa shape index (κ2) is 10.3. The molecule has 1 aromatic heterocycles. The average molecular weight is 448 g/mol. The molecule has 0 aliphatic rings. The van der Waals surface area contributed by atoms with Crippen molar-refractivity contribution in [2.24, 2.45) is 0 Å². The lowest BCUT2D eigenvalue weighted by molar-refractivity contribution is -0.120. The Morgan fingerprint density at radius 3 is 2.59 bits per heavy atom. The Morgan fingerprint density at radius 1 is 1.03 bits per heavy atom. The predicted octanol–water partition coefficient (Wildman–Crippen LogP) is 5.04. The lowest BCUT2D eigenvalue weighted by atomic mass is 10.1. The van der Waals surface area contributed by atoms with Crippen LogP contribution in [0.25, 0.3) is 11.0 Å². The zero-order chi connectivity index (χ0) is 22.3. The van der Waals surface area contributed by atoms with E-state index in [1.54, 1.807) is 19.2 Å². The lowest BCUT2D eigenvalue weighted by Gasteiger charge is -2.13. The van der Waals surface area contributed by atoms with E-state index >= 15 is 0 Å². The summed E-state index contributed by atoms with van der Waals surface area (Å²) in [5.41, 5.74) is 4.13. The third-order valence-electron chi connectivity index (χ3n) is 5.43. The zero-order valence-electron chi connectivity index (χ0n) is 18.1. The molecule has 4 rings (SSSR count). The molecule has 1 N–H and O–H groups in total. The number of hydrogen-bond acceptors (Lipinski definition) is 3. The third kappa shape index (κ3) is 5.29. The van der Waals surface area contributed by atoms with E-state index in [0.717, 1.165) is 46.6 Å². The van der Waals surface area contributed by atoms with Crippen molar-refractivity contribution in [2.45, 2.75) is 25.8 Å². The summed E-state index contributed by atoms with van der Waals surface area (Å²) in [7, 11) is 1.69. The first-order chi connectivity index (χ1) is 15.6. The van der Waals surface area contributed by atoms with Gasteiger partial charge in [0, 0.05) is 23.6 Å². The molecule has 1 amide bonds. The van der Waals surface area contributed by atoms with Gasteiger partial charge in [0.05, 0.1) is 31.1 Å². The van der Waals surface area contributed by atoms with E-state index in [1.807, 2.05) is 48.5 Å². The first-order valence-corrected chi connectivity index (χ1v) is 11.1. The first kappa shape index (κ1) is 21.9. The largest absolute Gasteiger partial charge is 0.496 e. The van der Waals surface area contributed by atoms with Crippen LogP contribution < -0.4 is 10.1 Å². The summed E-state index contributed by atoms with van der Waals surface area (Å²) in [6, 6.07) is 23.6. The fourth-order valence-electron chi connectivity index (χ4n) is 3.82. The van der Waals surface area contributed by atoms with Crippen LogP contribution in [0.4, 0.5) is 0 Å². The molecule has 4 aromatic rings. The van der Waals surface area contributed by atoms with Crippen LogP contribution in [0.15, 0.2) is 72.8 Å². The van der Waals surface area contributed by atoms with Crippen LogP contribution >= 0.6 is 11.6 Å². The summed E-state index contributed by atoms with van der Waals surface area (Å²) in [4.78, 5) is 17.1. The molecule has 164 valence electrons. The van der Waals surface area contributed by atoms with Gasteiger partial charge in [0.15, 0.2) is 0 Å². The van der Waals surface area contributed by atoms with Crippen molar-refractivity contribution in [3.05, 3.63) is 94.8 Å². The van der Waals surface area contributed by atoms with E-state index in [0.29, 0.717) is 24.5 Å². The molecule has 0 radical (unpaired) electrons. The molecular weight excluding hydrogens is 422 g/mol. The van der Waals surface area contributed by atoms with Gasteiger partial charge in [-0.1, -0.05) is 54.1 Å². The van der Waals surface area contributed by atoms with Gasteiger partial charge in [-0.05, 0) is 42.3 Å². The fraction of sp³-hybridized carbons (Fsp3) is 0.231. The van der Waals surface area contributed by atoms with Crippen molar-refractivity contribution in [1.82, 2.24) is 14.9 Å². The van der Waals surface area contributed by atoms with Crippen LogP contribution in [0.2, 0.25) is 5.02 Å². The number of halogens is 1. The molecule has 6 heteroatoms. The van der Waals surface area contributed by atoms with Crippen molar-refractivity contribution in [3.63, 3.8) is 0 Å². The maximum Gasteiger partial charge on any atom is 0.224 e. The minimum Gasteiger partial charge on any atom is -0.496 e. The SMILES string of the molecule is COc1ccccc1Cn1c(CCCNC(=O)Cc2ccc(Cl)cc2)nc2ccccc21. The summed E-state index contributed by atoms with van der Waals surface area (Å²) >= 11 is 5.90. The van der Waals surface area contributed by atoms with E-state index in [9.17, 15) is 4.79 Å². The average Bonchev–Trinajstić information content (AvgIpc) is 3.16. The normalized spacial score (nSPS) is 10.9. The molecule has 0 unspecified atom stereocenters. The number of methoxy groups -OCH3 is 1. The molecular formula is C26H26ClN3O2. The number of rotatable bonds is 9. The molecule has 0 aliphatic carbocycles. The minimum absolute atomic E-state index is 0.00912. The number of imidazole rings is 1. The number of fused-ring (bicyclic) bond motifs is 1. The number of nitrogens with one attached hydrogen (secondary N) is 1. The van der Waals surface area contributed by atoms with Crippen molar-refractivity contribution in [1.29, 1.82) is 0 Å². The van der Waals surface area contributed by atoms with Gasteiger partial charge in [0.2, 0.25) is 5.91 Å². The van der Waals surface area contributed by atoms with Gasteiger partial charge in [-0.15, -0.1) is 0 Å². The topological polar surface area (TPSA) is 56.1 Å². The molecule has 3 aromatic carbocycles. The van der Waals surface area contributed by atoms with E-state index in [1.165, 1.54) is 0 Å². The number of aromatic nitrogens is 2. The molecule has 0 saturated heterocycles. The van der Waals surface area contributed by atoms with Crippen LogP contribution in [0.1, 0.15) is 23.4 Å². The number of para-hydroxylation sites is 3. The van der Waals surface area contributed by atoms with Gasteiger partial charge in [0.1, 0.15) is 11.6 Å². The Hall–Kier alpha value is -3.31. The molecule has 5 nitrogen and oxygen atoms in total. The highest BCUT2D eigenvalue weighted by Crippen LogP contribution is 2.23. The van der Waals surface area contributed by atoms with Crippen molar-refractivity contribution < 1.29 is 9.53 Å². The van der Waals surface area contributed by atoms with Gasteiger partial charge in [-0.3, -0.25) is 4.79 Å². The Kier molecular flexibility index (Phi) is 7.07. The van der Waals surface area contributed by atoms with E-state index in [-0.39, 0.29) is 5.91 Å². The summed E-state index contributed by atoms with van der Waals surface area (Å²) in [5.74, 6) is 1.88. The van der Waals surface area contributed by atoms with Crippen molar-refractivity contribution in [3.8, 4) is 5.75 Å². The molecule has 0 bridgehead atoms. The molecule has 0 spiro atoms. The highest BCUT2D eigenvalue weighted by Gasteiger charge is 2.13. The maximum atomic E-state index is 12.2. The number of hydrogen-bond donors (Lipinski definition) is 1. The van der Waals surface area contributed by atoms with Crippen LogP contribution in [0.5, 0.6) is 5.75 Å². The summed E-state index contributed by atoms with van der Waals surface area (Å²) in [6.45, 7) is 1.28. The Balaban J connectivity index is 1.41. The number of carbonyl (C=O) groups excluding carboxylic acids is 1. The van der Waals surface area contributed by atoms with Gasteiger partial charge < -0.3 is 14.6 Å². The third-order valence-corrected chi connectivity index (χ3v) is 5.68. The molecule has 0 saturated carbocycles. The second-order valence-electron chi connectivity index (χ2n) is 7.67. The fourth-order valence-corrected chi connectivity index (χ4v) is 3.95. The van der Waals surface area contributed by atoms with Crippen LogP contribution in [0.3, 0.4) is 0 Å². The number of amides is 1. The molecule has 0 atom stereocenters. The number of benzene rings is 3. The Bertz CT molecular complexity index is 1200. The summed E-state index contributed by atoms with van der Waals surface area (Å²) in [5, 5.41) is 3.68. The maximum absolute atomic E-state index is 12.2. The molecule has 32 heavy (non-hydrogen) atoms. The number of aryl methyl sites for hydroxylation is 1. The highest BCUT2D eigenvalue weighted by molar-refractivity contribution is 6.30. The van der Waals surface area contributed by atoms with E-state index < -0.39 is 0 Å². The van der Waals surface area contributed by atoms with Crippen LogP contribution in [-0.4, -0.2) is 29.1 Å². The minimum atomic E-state index is 0.00912. The van der Waals surface area contributed by atoms with Crippen molar-refractivity contribution >= 4 is 28.5 Å². The zero-order valence-corrected chi connectivity index (χ0v) is 18.8. The first-order valence-electron chi connectivity index (χ1n) is 10.7. The van der Waals surface area contributed by atoms with Gasteiger partial charge in [0.25, 0.3) is 0 Å². The standard InChI is InChI=1S/C26H26ClN3O2/c1-32-24-10-5-2-7-20(24)18-30-23-9-4-3-8-22(23)29-25(30)11-6-16-28-26(31)17-19-12-14-21(27)15-13-19/h2-5,7-10,12-15H,6,11,16-18H2,1H3,(H,28,31). The Morgan fingerprint density at radius 2 is 1.78 bits per heavy atom. The van der Waals surface area contributed by atoms with Gasteiger partial charge >= 0.3 is 0 Å². The second-order valence-corrected chi connectivity index (χ2v) is 8.11. The number of nitrogens with zero attached hydrogens (tertiary/aromatic N) is 2. The smallest absolute Gasteiger partial charge is 0.224 e. The molecule has 0 aliphatic heterocycles. The Labute approximate surface area is 193 Å². The van der Waals surface area contributed by atoms with Crippen LogP contribution in [0, 0.1) is 0 Å². The number of carbonyl (C=O) groups is 1. The van der Waals surface area contributed by atoms with E-state index in [4.69, 9.17) is 21.3 Å². The lowest BCUT2D eigenvalue weighted by Crippen LogP contribution is -2.26. The number of ether oxygens (including phenoxy) is 1. The molecule has 1 heterocycles. The highest BCUT2D eigenvalue weighted by atomic mass is 35.5. The quantitative estimate of drug-likeness (QED) is 0.366. The predicted molar refractivity (Wildman–Crippen MR) is 128 cm³/mol. The summed E-state index contributed by atoms with van der Waals surface area (Å²) in [6.07, 6.45) is 1.93.